The molecule has 0 heterocycles. The second-order valence-electron chi connectivity index (χ2n) is 4.61. The molecule has 0 aromatic rings. The van der Waals surface area contributed by atoms with E-state index in [0.717, 1.165) is 18.7 Å². The smallest absolute Gasteiger partial charge is 0.300 e. The van der Waals surface area contributed by atoms with E-state index in [2.05, 4.69) is 31.9 Å². The van der Waals surface area contributed by atoms with Gasteiger partial charge in [0.1, 0.15) is 0 Å². The predicted octanol–water partition coefficient (Wildman–Crippen LogP) is 4.74. The number of aliphatic carboxylic acids is 1. The van der Waals surface area contributed by atoms with Crippen LogP contribution in [-0.2, 0) is 4.79 Å². The van der Waals surface area contributed by atoms with Gasteiger partial charge in [0.15, 0.2) is 0 Å². The molecule has 0 fully saturated rings. The number of aliphatic hydroxyl groups excluding tert-OH is 1. The molecule has 1 atom stereocenters. The Morgan fingerprint density at radius 2 is 1.37 bits per heavy atom. The molecule has 0 aliphatic heterocycles. The fraction of sp³-hybridized carbons (Fsp3) is 0.929. The fourth-order valence-electron chi connectivity index (χ4n) is 1.62. The molecule has 0 amide bonds. The highest BCUT2D eigenvalue weighted by Gasteiger charge is 2.00. The highest BCUT2D eigenvalue weighted by molar-refractivity contribution is 9.12. The van der Waals surface area contributed by atoms with Gasteiger partial charge in [-0.25, -0.2) is 0 Å². The van der Waals surface area contributed by atoms with Crippen LogP contribution in [0.3, 0.4) is 0 Å². The normalized spacial score (nSPS) is 11.6. The lowest BCUT2D eigenvalue weighted by atomic mass is 10.1. The summed E-state index contributed by atoms with van der Waals surface area (Å²) in [7, 11) is 0. The van der Waals surface area contributed by atoms with Crippen LogP contribution >= 0.6 is 31.9 Å². The topological polar surface area (TPSA) is 57.5 Å². The summed E-state index contributed by atoms with van der Waals surface area (Å²) in [5.41, 5.74) is 0. The van der Waals surface area contributed by atoms with Crippen LogP contribution < -0.4 is 0 Å². The van der Waals surface area contributed by atoms with Gasteiger partial charge in [-0.05, 0) is 12.8 Å². The van der Waals surface area contributed by atoms with E-state index in [-0.39, 0.29) is 0 Å². The Hall–Kier alpha value is 0.390. The largest absolute Gasteiger partial charge is 0.481 e. The SMILES string of the molecule is CC(=O)O.OCCCCCCCCCCC(Br)CBr. The number of aliphatic hydroxyl groups is 1. The van der Waals surface area contributed by atoms with Crippen LogP contribution in [0.4, 0.5) is 0 Å². The van der Waals surface area contributed by atoms with Crippen LogP contribution in [0.5, 0.6) is 0 Å². The second-order valence-corrected chi connectivity index (χ2v) is 6.55. The van der Waals surface area contributed by atoms with Crippen LogP contribution in [0.2, 0.25) is 0 Å². The van der Waals surface area contributed by atoms with Gasteiger partial charge in [-0.2, -0.15) is 0 Å². The van der Waals surface area contributed by atoms with E-state index in [1.165, 1.54) is 51.4 Å². The minimum atomic E-state index is -0.833. The van der Waals surface area contributed by atoms with Crippen LogP contribution in [-0.4, -0.2) is 32.9 Å². The van der Waals surface area contributed by atoms with E-state index >= 15 is 0 Å². The average molecular weight is 404 g/mol. The number of halogens is 2. The second kappa shape index (κ2) is 18.4. The van der Waals surface area contributed by atoms with Crippen molar-refractivity contribution in [2.45, 2.75) is 69.5 Å². The Kier molecular flexibility index (Phi) is 21.0. The number of carbonyl (C=O) groups is 1. The number of carboxylic acid groups (broad SMARTS) is 1. The van der Waals surface area contributed by atoms with Gasteiger partial charge in [0, 0.05) is 23.7 Å². The summed E-state index contributed by atoms with van der Waals surface area (Å²) in [6.45, 7) is 1.44. The molecule has 1 unspecified atom stereocenters. The maximum Gasteiger partial charge on any atom is 0.300 e. The molecule has 0 bridgehead atoms. The Labute approximate surface area is 134 Å². The number of hydrogen-bond acceptors (Lipinski definition) is 2. The van der Waals surface area contributed by atoms with Crippen molar-refractivity contribution >= 4 is 37.8 Å². The monoisotopic (exact) mass is 402 g/mol. The Morgan fingerprint density at radius 3 is 1.74 bits per heavy atom. The van der Waals surface area contributed by atoms with Crippen LogP contribution in [0, 0.1) is 0 Å². The molecule has 0 rings (SSSR count). The highest BCUT2D eigenvalue weighted by atomic mass is 79.9. The molecule has 0 aliphatic carbocycles. The third-order valence-corrected chi connectivity index (χ3v) is 5.02. The summed E-state index contributed by atoms with van der Waals surface area (Å²) >= 11 is 7.08. The average Bonchev–Trinajstić information content (AvgIpc) is 2.36. The van der Waals surface area contributed by atoms with Crippen LogP contribution in [0.15, 0.2) is 0 Å². The molecule has 0 spiro atoms. The van der Waals surface area contributed by atoms with Crippen molar-refractivity contribution in [3.63, 3.8) is 0 Å². The maximum absolute atomic E-state index is 9.00. The fourth-order valence-corrected chi connectivity index (χ4v) is 2.26. The zero-order chi connectivity index (χ0) is 14.9. The number of carboxylic acids is 1. The first-order valence-corrected chi connectivity index (χ1v) is 9.08. The van der Waals surface area contributed by atoms with Crippen molar-refractivity contribution in [1.29, 1.82) is 0 Å². The number of alkyl halides is 2. The van der Waals surface area contributed by atoms with Gasteiger partial charge in [0.25, 0.3) is 5.97 Å². The molecule has 0 saturated heterocycles. The van der Waals surface area contributed by atoms with Gasteiger partial charge in [-0.1, -0.05) is 76.8 Å². The van der Waals surface area contributed by atoms with Gasteiger partial charge in [0.2, 0.25) is 0 Å². The lowest BCUT2D eigenvalue weighted by molar-refractivity contribution is -0.134. The van der Waals surface area contributed by atoms with E-state index in [9.17, 15) is 0 Å². The van der Waals surface area contributed by atoms with Crippen molar-refractivity contribution in [1.82, 2.24) is 0 Å². The van der Waals surface area contributed by atoms with Crippen molar-refractivity contribution in [2.75, 3.05) is 11.9 Å². The van der Waals surface area contributed by atoms with Gasteiger partial charge in [-0.15, -0.1) is 0 Å². The number of unbranched alkanes of at least 4 members (excludes halogenated alkanes) is 7. The summed E-state index contributed by atoms with van der Waals surface area (Å²) in [5, 5.41) is 17.1. The quantitative estimate of drug-likeness (QED) is 0.387. The third-order valence-electron chi connectivity index (χ3n) is 2.59. The molecule has 0 saturated carbocycles. The van der Waals surface area contributed by atoms with Gasteiger partial charge >= 0.3 is 0 Å². The lowest BCUT2D eigenvalue weighted by Gasteiger charge is -2.05. The van der Waals surface area contributed by atoms with Gasteiger partial charge in [0.05, 0.1) is 0 Å². The van der Waals surface area contributed by atoms with E-state index in [4.69, 9.17) is 15.0 Å². The first-order chi connectivity index (χ1) is 9.04. The zero-order valence-corrected chi connectivity index (χ0v) is 15.1. The molecule has 0 radical (unpaired) electrons. The minimum absolute atomic E-state index is 0.360. The molecule has 19 heavy (non-hydrogen) atoms. The van der Waals surface area contributed by atoms with E-state index in [1.54, 1.807) is 0 Å². The molecular formula is C14H28Br2O3. The van der Waals surface area contributed by atoms with E-state index in [0.29, 0.717) is 11.4 Å². The Balaban J connectivity index is 0. The summed E-state index contributed by atoms with van der Waals surface area (Å²) in [6.07, 6.45) is 11.6. The molecule has 5 heteroatoms. The Morgan fingerprint density at radius 1 is 1.00 bits per heavy atom. The first kappa shape index (κ1) is 21.7. The van der Waals surface area contributed by atoms with Crippen LogP contribution in [0.25, 0.3) is 0 Å². The molecule has 2 N–H and O–H groups in total. The summed E-state index contributed by atoms with van der Waals surface area (Å²) in [4.78, 5) is 9.65. The first-order valence-electron chi connectivity index (χ1n) is 7.05. The highest BCUT2D eigenvalue weighted by Crippen LogP contribution is 2.15. The van der Waals surface area contributed by atoms with Crippen molar-refractivity contribution in [2.24, 2.45) is 0 Å². The number of hydrogen-bond donors (Lipinski definition) is 2. The predicted molar refractivity (Wildman–Crippen MR) is 88.5 cm³/mol. The molecule has 3 nitrogen and oxygen atoms in total. The lowest BCUT2D eigenvalue weighted by Crippen LogP contribution is -1.97. The molecule has 116 valence electrons. The van der Waals surface area contributed by atoms with Gasteiger partial charge in [-0.3, -0.25) is 4.79 Å². The standard InChI is InChI=1S/C12H24Br2O.C2H4O2/c13-11-12(14)9-7-5-3-1-2-4-6-8-10-15;1-2(3)4/h12,15H,1-11H2;1H3,(H,3,4). The van der Waals surface area contributed by atoms with Crippen molar-refractivity contribution in [3.8, 4) is 0 Å². The van der Waals surface area contributed by atoms with E-state index in [1.807, 2.05) is 0 Å². The third kappa shape index (κ3) is 27.6. The van der Waals surface area contributed by atoms with Crippen molar-refractivity contribution < 1.29 is 15.0 Å². The van der Waals surface area contributed by atoms with E-state index < -0.39 is 5.97 Å². The number of rotatable bonds is 11. The zero-order valence-electron chi connectivity index (χ0n) is 11.9. The molecule has 0 aromatic carbocycles. The summed E-state index contributed by atoms with van der Waals surface area (Å²) in [6, 6.07) is 0. The minimum Gasteiger partial charge on any atom is -0.481 e. The summed E-state index contributed by atoms with van der Waals surface area (Å²) in [5.74, 6) is -0.833. The summed E-state index contributed by atoms with van der Waals surface area (Å²) < 4.78 is 0. The van der Waals surface area contributed by atoms with Crippen LogP contribution in [0.1, 0.15) is 64.7 Å². The molecular weight excluding hydrogens is 376 g/mol. The van der Waals surface area contributed by atoms with Gasteiger partial charge < -0.3 is 10.2 Å². The molecule has 0 aromatic heterocycles. The Bertz CT molecular complexity index is 186. The maximum atomic E-state index is 9.00. The van der Waals surface area contributed by atoms with Crippen molar-refractivity contribution in [3.05, 3.63) is 0 Å². The molecule has 0 aliphatic rings.